The number of carboxylic acids is 1. The van der Waals surface area contributed by atoms with E-state index in [1.165, 1.54) is 0 Å². The summed E-state index contributed by atoms with van der Waals surface area (Å²) in [6, 6.07) is 1.66. The Morgan fingerprint density at radius 3 is 3.06 bits per heavy atom. The highest BCUT2D eigenvalue weighted by molar-refractivity contribution is 7.99. The molecule has 2 aromatic rings. The Morgan fingerprint density at radius 2 is 2.35 bits per heavy atom. The molecule has 0 fully saturated rings. The van der Waals surface area contributed by atoms with Crippen LogP contribution in [0.3, 0.4) is 0 Å². The largest absolute Gasteiger partial charge is 0.481 e. The molecule has 0 aliphatic carbocycles. The van der Waals surface area contributed by atoms with Gasteiger partial charge in [-0.1, -0.05) is 16.9 Å². The molecule has 0 aromatic carbocycles. The lowest BCUT2D eigenvalue weighted by molar-refractivity contribution is -0.133. The maximum Gasteiger partial charge on any atom is 0.314 e. The fourth-order valence-corrected chi connectivity index (χ4v) is 1.56. The van der Waals surface area contributed by atoms with Crippen LogP contribution in [0, 0.1) is 6.92 Å². The first-order chi connectivity index (χ1) is 8.15. The lowest BCUT2D eigenvalue weighted by atomic mass is 10.4. The molecule has 17 heavy (non-hydrogen) atoms. The Kier molecular flexibility index (Phi) is 3.33. The molecule has 0 unspecified atom stereocenters. The monoisotopic (exact) mass is 252 g/mol. The molecule has 0 saturated heterocycles. The zero-order valence-corrected chi connectivity index (χ0v) is 9.64. The highest BCUT2D eigenvalue weighted by atomic mass is 32.2. The topological polar surface area (TPSA) is 102 Å². The standard InChI is InChI=1S/C9H8N4O3S/c1-5-10-3-2-6(11-5)8-12-9(16-13-8)17-4-7(14)15/h2-3H,4H2,1H3,(H,14,15). The average Bonchev–Trinajstić information content (AvgIpc) is 2.75. The number of thioether (sulfide) groups is 1. The van der Waals surface area contributed by atoms with E-state index in [4.69, 9.17) is 9.63 Å². The first kappa shape index (κ1) is 11.5. The van der Waals surface area contributed by atoms with Crippen LogP contribution in [0.4, 0.5) is 0 Å². The third kappa shape index (κ3) is 3.00. The summed E-state index contributed by atoms with van der Waals surface area (Å²) in [7, 11) is 0. The van der Waals surface area contributed by atoms with E-state index in [1.54, 1.807) is 19.2 Å². The van der Waals surface area contributed by atoms with Crippen molar-refractivity contribution in [3.05, 3.63) is 18.1 Å². The number of hydrogen-bond acceptors (Lipinski definition) is 7. The molecule has 0 amide bonds. The summed E-state index contributed by atoms with van der Waals surface area (Å²) >= 11 is 0.965. The summed E-state index contributed by atoms with van der Waals surface area (Å²) in [5.74, 6) is -0.132. The number of aromatic nitrogens is 4. The summed E-state index contributed by atoms with van der Waals surface area (Å²) < 4.78 is 4.89. The average molecular weight is 252 g/mol. The molecule has 7 nitrogen and oxygen atoms in total. The van der Waals surface area contributed by atoms with Gasteiger partial charge in [0.25, 0.3) is 5.22 Å². The van der Waals surface area contributed by atoms with Gasteiger partial charge in [-0.15, -0.1) is 0 Å². The predicted octanol–water partition coefficient (Wildman–Crippen LogP) is 1.01. The van der Waals surface area contributed by atoms with Crippen molar-refractivity contribution in [3.8, 4) is 11.5 Å². The predicted molar refractivity (Wildman–Crippen MR) is 58.4 cm³/mol. The number of aryl methyl sites for hydroxylation is 1. The fraction of sp³-hybridized carbons (Fsp3) is 0.222. The molecular formula is C9H8N4O3S. The second-order valence-electron chi connectivity index (χ2n) is 3.06. The van der Waals surface area contributed by atoms with Crippen molar-refractivity contribution in [2.75, 3.05) is 5.75 Å². The highest BCUT2D eigenvalue weighted by Crippen LogP contribution is 2.19. The summed E-state index contributed by atoms with van der Waals surface area (Å²) in [4.78, 5) is 22.5. The van der Waals surface area contributed by atoms with Crippen molar-refractivity contribution < 1.29 is 14.4 Å². The second kappa shape index (κ2) is 4.91. The molecule has 8 heteroatoms. The molecular weight excluding hydrogens is 244 g/mol. The van der Waals surface area contributed by atoms with Gasteiger partial charge >= 0.3 is 5.97 Å². The van der Waals surface area contributed by atoms with Crippen LogP contribution >= 0.6 is 11.8 Å². The smallest absolute Gasteiger partial charge is 0.314 e. The van der Waals surface area contributed by atoms with Crippen molar-refractivity contribution >= 4 is 17.7 Å². The van der Waals surface area contributed by atoms with Crippen LogP contribution in [0.5, 0.6) is 0 Å². The Labute approximate surface area is 100 Å². The summed E-state index contributed by atoms with van der Waals surface area (Å²) in [5.41, 5.74) is 0.545. The number of rotatable bonds is 4. The third-order valence-electron chi connectivity index (χ3n) is 1.73. The molecule has 2 rings (SSSR count). The van der Waals surface area contributed by atoms with Crippen molar-refractivity contribution in [1.82, 2.24) is 20.1 Å². The summed E-state index contributed by atoms with van der Waals surface area (Å²) in [6.07, 6.45) is 1.60. The van der Waals surface area contributed by atoms with Gasteiger partial charge in [-0.05, 0) is 13.0 Å². The molecule has 2 aromatic heterocycles. The van der Waals surface area contributed by atoms with E-state index < -0.39 is 5.97 Å². The maximum atomic E-state index is 10.4. The van der Waals surface area contributed by atoms with E-state index in [9.17, 15) is 4.79 Å². The normalized spacial score (nSPS) is 10.4. The molecule has 0 radical (unpaired) electrons. The summed E-state index contributed by atoms with van der Waals surface area (Å²) in [5, 5.41) is 12.4. The van der Waals surface area contributed by atoms with Crippen molar-refractivity contribution in [3.63, 3.8) is 0 Å². The molecule has 1 N–H and O–H groups in total. The van der Waals surface area contributed by atoms with E-state index >= 15 is 0 Å². The van der Waals surface area contributed by atoms with E-state index in [-0.39, 0.29) is 11.0 Å². The van der Waals surface area contributed by atoms with Crippen LogP contribution in [0.2, 0.25) is 0 Å². The minimum atomic E-state index is -0.937. The lowest BCUT2D eigenvalue weighted by Crippen LogP contribution is -1.97. The van der Waals surface area contributed by atoms with Gasteiger partial charge in [-0.25, -0.2) is 9.97 Å². The minimum absolute atomic E-state index is 0.121. The highest BCUT2D eigenvalue weighted by Gasteiger charge is 2.11. The van der Waals surface area contributed by atoms with Gasteiger partial charge in [0.05, 0.1) is 0 Å². The Balaban J connectivity index is 2.15. The molecule has 0 atom stereocenters. The van der Waals surface area contributed by atoms with Gasteiger partial charge in [0.1, 0.15) is 17.3 Å². The van der Waals surface area contributed by atoms with E-state index in [1.807, 2.05) is 0 Å². The van der Waals surface area contributed by atoms with Crippen LogP contribution in [0.25, 0.3) is 11.5 Å². The van der Waals surface area contributed by atoms with Crippen LogP contribution in [-0.4, -0.2) is 36.9 Å². The zero-order valence-electron chi connectivity index (χ0n) is 8.82. The molecule has 0 spiro atoms. The molecule has 2 heterocycles. The maximum absolute atomic E-state index is 10.4. The SMILES string of the molecule is Cc1nccc(-c2noc(SCC(=O)O)n2)n1. The molecule has 0 aliphatic heterocycles. The third-order valence-corrected chi connectivity index (χ3v) is 2.54. The Morgan fingerprint density at radius 1 is 1.53 bits per heavy atom. The summed E-state index contributed by atoms with van der Waals surface area (Å²) in [6.45, 7) is 1.75. The van der Waals surface area contributed by atoms with Gasteiger partial charge in [0.15, 0.2) is 0 Å². The quantitative estimate of drug-likeness (QED) is 0.804. The minimum Gasteiger partial charge on any atom is -0.481 e. The number of aliphatic carboxylic acids is 1. The van der Waals surface area contributed by atoms with Crippen molar-refractivity contribution in [2.45, 2.75) is 12.1 Å². The molecule has 0 bridgehead atoms. The van der Waals surface area contributed by atoms with E-state index in [2.05, 4.69) is 20.1 Å². The van der Waals surface area contributed by atoms with Gasteiger partial charge < -0.3 is 9.63 Å². The molecule has 0 aliphatic rings. The first-order valence-corrected chi connectivity index (χ1v) is 5.62. The van der Waals surface area contributed by atoms with Crippen LogP contribution < -0.4 is 0 Å². The Bertz CT molecular complexity index is 543. The van der Waals surface area contributed by atoms with Gasteiger partial charge in [-0.3, -0.25) is 4.79 Å². The second-order valence-corrected chi connectivity index (χ2v) is 3.98. The van der Waals surface area contributed by atoms with Gasteiger partial charge in [0.2, 0.25) is 5.82 Å². The van der Waals surface area contributed by atoms with Crippen molar-refractivity contribution in [2.24, 2.45) is 0 Å². The van der Waals surface area contributed by atoms with E-state index in [0.717, 1.165) is 11.8 Å². The molecule has 88 valence electrons. The Hall–Kier alpha value is -1.96. The zero-order chi connectivity index (χ0) is 12.3. The fourth-order valence-electron chi connectivity index (χ4n) is 1.08. The van der Waals surface area contributed by atoms with Gasteiger partial charge in [0, 0.05) is 6.20 Å². The lowest BCUT2D eigenvalue weighted by Gasteiger charge is -1.93. The van der Waals surface area contributed by atoms with Crippen LogP contribution in [0.15, 0.2) is 22.0 Å². The van der Waals surface area contributed by atoms with Crippen LogP contribution in [-0.2, 0) is 4.79 Å². The number of nitrogens with zero attached hydrogens (tertiary/aromatic N) is 4. The number of carbonyl (C=O) groups is 1. The number of carboxylic acid groups (broad SMARTS) is 1. The van der Waals surface area contributed by atoms with Crippen molar-refractivity contribution in [1.29, 1.82) is 0 Å². The first-order valence-electron chi connectivity index (χ1n) is 4.63. The molecule has 0 saturated carbocycles. The van der Waals surface area contributed by atoms with Crippen LogP contribution in [0.1, 0.15) is 5.82 Å². The van der Waals surface area contributed by atoms with Gasteiger partial charge in [-0.2, -0.15) is 4.98 Å². The van der Waals surface area contributed by atoms with E-state index in [0.29, 0.717) is 17.3 Å². The number of hydrogen-bond donors (Lipinski definition) is 1.